The molecule has 0 spiro atoms. The molecule has 1 saturated carbocycles. The van der Waals surface area contributed by atoms with E-state index in [1.165, 1.54) is 12.8 Å². The maximum Gasteiger partial charge on any atom is 0.218 e. The fourth-order valence-electron chi connectivity index (χ4n) is 2.62. The molecule has 1 aromatic heterocycles. The third-order valence-corrected chi connectivity index (χ3v) is 3.72. The van der Waals surface area contributed by atoms with Crippen LogP contribution in [0.2, 0.25) is 0 Å². The third kappa shape index (κ3) is 4.50. The van der Waals surface area contributed by atoms with Gasteiger partial charge in [-0.25, -0.2) is 4.98 Å². The topological polar surface area (TPSA) is 34.1 Å². The molecule has 2 rings (SSSR count). The van der Waals surface area contributed by atoms with Crippen LogP contribution in [0, 0.1) is 5.92 Å². The first-order valence-electron chi connectivity index (χ1n) is 7.49. The molecule has 0 radical (unpaired) electrons. The predicted octanol–water partition coefficient (Wildman–Crippen LogP) is 3.54. The molecule has 106 valence electrons. The van der Waals surface area contributed by atoms with Gasteiger partial charge in [-0.05, 0) is 31.2 Å². The number of ether oxygens (including phenoxy) is 1. The van der Waals surface area contributed by atoms with E-state index in [0.29, 0.717) is 12.1 Å². The first-order valence-corrected chi connectivity index (χ1v) is 7.49. The summed E-state index contributed by atoms with van der Waals surface area (Å²) in [5, 5.41) is 3.43. The highest BCUT2D eigenvalue weighted by molar-refractivity contribution is 5.25. The highest BCUT2D eigenvalue weighted by Gasteiger charge is 2.21. The van der Waals surface area contributed by atoms with Gasteiger partial charge in [-0.2, -0.15) is 0 Å². The zero-order valence-corrected chi connectivity index (χ0v) is 12.4. The fourth-order valence-corrected chi connectivity index (χ4v) is 2.62. The van der Waals surface area contributed by atoms with Crippen molar-refractivity contribution in [3.05, 3.63) is 23.9 Å². The molecular formula is C16H26N2O. The average molecular weight is 262 g/mol. The summed E-state index contributed by atoms with van der Waals surface area (Å²) in [6, 6.07) is 4.56. The smallest absolute Gasteiger partial charge is 0.218 e. The number of hydrogen-bond donors (Lipinski definition) is 1. The summed E-state index contributed by atoms with van der Waals surface area (Å²) in [5.41, 5.74) is 1.16. The van der Waals surface area contributed by atoms with Crippen molar-refractivity contribution in [2.24, 2.45) is 5.92 Å². The van der Waals surface area contributed by atoms with Gasteiger partial charge in [0.1, 0.15) is 6.10 Å². The van der Waals surface area contributed by atoms with E-state index in [4.69, 9.17) is 4.74 Å². The molecule has 1 fully saturated rings. The highest BCUT2D eigenvalue weighted by Crippen LogP contribution is 2.27. The Morgan fingerprint density at radius 1 is 1.42 bits per heavy atom. The molecule has 0 bridgehead atoms. The first-order chi connectivity index (χ1) is 9.15. The van der Waals surface area contributed by atoms with Crippen LogP contribution in [0.3, 0.4) is 0 Å². The molecule has 0 saturated heterocycles. The monoisotopic (exact) mass is 262 g/mol. The van der Waals surface area contributed by atoms with Crippen LogP contribution in [0.1, 0.15) is 52.0 Å². The lowest BCUT2D eigenvalue weighted by molar-refractivity contribution is 0.122. The van der Waals surface area contributed by atoms with Gasteiger partial charge in [0.2, 0.25) is 5.88 Å². The van der Waals surface area contributed by atoms with E-state index in [1.54, 1.807) is 0 Å². The Balaban J connectivity index is 1.98. The summed E-state index contributed by atoms with van der Waals surface area (Å²) in [5.74, 6) is 1.59. The molecule has 2 atom stereocenters. The predicted molar refractivity (Wildman–Crippen MR) is 78.3 cm³/mol. The summed E-state index contributed by atoms with van der Waals surface area (Å²) in [6.07, 6.45) is 7.10. The van der Waals surface area contributed by atoms with Crippen LogP contribution in [0.25, 0.3) is 0 Å². The maximum atomic E-state index is 6.14. The van der Waals surface area contributed by atoms with Gasteiger partial charge < -0.3 is 10.1 Å². The Hall–Kier alpha value is -1.09. The van der Waals surface area contributed by atoms with E-state index >= 15 is 0 Å². The van der Waals surface area contributed by atoms with Crippen molar-refractivity contribution in [3.63, 3.8) is 0 Å². The van der Waals surface area contributed by atoms with E-state index < -0.39 is 0 Å². The van der Waals surface area contributed by atoms with Crippen molar-refractivity contribution in [2.45, 2.75) is 65.1 Å². The van der Waals surface area contributed by atoms with Crippen LogP contribution < -0.4 is 10.1 Å². The molecule has 1 N–H and O–H groups in total. The largest absolute Gasteiger partial charge is 0.474 e. The molecule has 1 heterocycles. The normalized spacial score (nSPS) is 23.6. The molecular weight excluding hydrogens is 236 g/mol. The average Bonchev–Trinajstić information content (AvgIpc) is 2.38. The van der Waals surface area contributed by atoms with E-state index in [-0.39, 0.29) is 0 Å². The Bertz CT molecular complexity index is 392. The van der Waals surface area contributed by atoms with Gasteiger partial charge in [-0.15, -0.1) is 0 Å². The molecule has 19 heavy (non-hydrogen) atoms. The van der Waals surface area contributed by atoms with Gasteiger partial charge >= 0.3 is 0 Å². The van der Waals surface area contributed by atoms with Gasteiger partial charge in [-0.3, -0.25) is 0 Å². The second-order valence-corrected chi connectivity index (χ2v) is 6.01. The second-order valence-electron chi connectivity index (χ2n) is 6.01. The third-order valence-electron chi connectivity index (χ3n) is 3.72. The van der Waals surface area contributed by atoms with E-state index in [1.807, 2.05) is 12.3 Å². The van der Waals surface area contributed by atoms with Crippen molar-refractivity contribution in [1.29, 1.82) is 0 Å². The number of rotatable bonds is 5. The van der Waals surface area contributed by atoms with Crippen molar-refractivity contribution in [1.82, 2.24) is 10.3 Å². The Morgan fingerprint density at radius 2 is 2.26 bits per heavy atom. The number of aromatic nitrogens is 1. The summed E-state index contributed by atoms with van der Waals surface area (Å²) < 4.78 is 6.14. The minimum absolute atomic E-state index is 0.344. The van der Waals surface area contributed by atoms with E-state index in [0.717, 1.165) is 36.7 Å². The number of hydrogen-bond acceptors (Lipinski definition) is 3. The van der Waals surface area contributed by atoms with Crippen molar-refractivity contribution >= 4 is 0 Å². The van der Waals surface area contributed by atoms with Crippen LogP contribution in [-0.4, -0.2) is 17.1 Å². The Kier molecular flexibility index (Phi) is 5.20. The quantitative estimate of drug-likeness (QED) is 0.881. The zero-order valence-electron chi connectivity index (χ0n) is 12.4. The summed E-state index contributed by atoms with van der Waals surface area (Å²) in [7, 11) is 0. The molecule has 1 aromatic rings. The minimum atomic E-state index is 0.344. The zero-order chi connectivity index (χ0) is 13.7. The highest BCUT2D eigenvalue weighted by atomic mass is 16.5. The summed E-state index contributed by atoms with van der Waals surface area (Å²) >= 11 is 0. The summed E-state index contributed by atoms with van der Waals surface area (Å²) in [4.78, 5) is 4.41. The number of pyridine rings is 1. The molecule has 0 aliphatic heterocycles. The first kappa shape index (κ1) is 14.3. The Labute approximate surface area is 116 Å². The van der Waals surface area contributed by atoms with E-state index in [9.17, 15) is 0 Å². The Morgan fingerprint density at radius 3 is 3.00 bits per heavy atom. The fraction of sp³-hybridized carbons (Fsp3) is 0.688. The standard InChI is InChI=1S/C16H26N2O/c1-12(2)18-11-14-7-5-9-17-16(14)19-15-8-4-6-13(3)10-15/h5,7,9,12-13,15,18H,4,6,8,10-11H2,1-3H3. The van der Waals surface area contributed by atoms with Crippen LogP contribution >= 0.6 is 0 Å². The maximum absolute atomic E-state index is 6.14. The summed E-state index contributed by atoms with van der Waals surface area (Å²) in [6.45, 7) is 7.44. The molecule has 1 aliphatic carbocycles. The van der Waals surface area contributed by atoms with Gasteiger partial charge in [0.15, 0.2) is 0 Å². The lowest BCUT2D eigenvalue weighted by atomic mass is 9.89. The van der Waals surface area contributed by atoms with Crippen LogP contribution in [0.5, 0.6) is 5.88 Å². The van der Waals surface area contributed by atoms with Gasteiger partial charge in [0.05, 0.1) is 0 Å². The lowest BCUT2D eigenvalue weighted by Gasteiger charge is -2.27. The minimum Gasteiger partial charge on any atom is -0.474 e. The van der Waals surface area contributed by atoms with E-state index in [2.05, 4.69) is 37.1 Å². The van der Waals surface area contributed by atoms with Crippen molar-refractivity contribution in [2.75, 3.05) is 0 Å². The molecule has 3 heteroatoms. The molecule has 3 nitrogen and oxygen atoms in total. The number of nitrogens with one attached hydrogen (secondary N) is 1. The van der Waals surface area contributed by atoms with Crippen molar-refractivity contribution in [3.8, 4) is 5.88 Å². The second kappa shape index (κ2) is 6.90. The van der Waals surface area contributed by atoms with Crippen LogP contribution in [0.4, 0.5) is 0 Å². The lowest BCUT2D eigenvalue weighted by Crippen LogP contribution is -2.26. The van der Waals surface area contributed by atoms with Crippen LogP contribution in [0.15, 0.2) is 18.3 Å². The molecule has 0 aromatic carbocycles. The molecule has 2 unspecified atom stereocenters. The molecule has 1 aliphatic rings. The SMILES string of the molecule is CC1CCCC(Oc2ncccc2CNC(C)C)C1. The molecule has 0 amide bonds. The van der Waals surface area contributed by atoms with Gasteiger partial charge in [-0.1, -0.05) is 33.3 Å². The van der Waals surface area contributed by atoms with Gasteiger partial charge in [0, 0.05) is 24.3 Å². The van der Waals surface area contributed by atoms with Crippen LogP contribution in [-0.2, 0) is 6.54 Å². The van der Waals surface area contributed by atoms with Crippen molar-refractivity contribution < 1.29 is 4.74 Å². The number of nitrogens with zero attached hydrogens (tertiary/aromatic N) is 1. The van der Waals surface area contributed by atoms with Gasteiger partial charge in [0.25, 0.3) is 0 Å².